The average molecular weight is 477 g/mol. The summed E-state index contributed by atoms with van der Waals surface area (Å²) in [5.41, 5.74) is 2.87. The Morgan fingerprint density at radius 3 is 2.46 bits per heavy atom. The number of benzene rings is 1. The largest absolute Gasteiger partial charge is 0.321 e. The molecule has 28 heavy (non-hydrogen) atoms. The number of hydrogen-bond donors (Lipinski definition) is 1. The van der Waals surface area contributed by atoms with E-state index in [-0.39, 0.29) is 5.91 Å². The van der Waals surface area contributed by atoms with E-state index in [1.165, 1.54) is 11.3 Å². The van der Waals surface area contributed by atoms with Crippen LogP contribution < -0.4 is 5.32 Å². The highest BCUT2D eigenvalue weighted by Crippen LogP contribution is 2.19. The van der Waals surface area contributed by atoms with Gasteiger partial charge in [-0.2, -0.15) is 10.2 Å². The van der Waals surface area contributed by atoms with Crippen molar-refractivity contribution in [2.24, 2.45) is 0 Å². The minimum atomic E-state index is -0.126. The Labute approximate surface area is 178 Å². The van der Waals surface area contributed by atoms with Crippen molar-refractivity contribution in [3.8, 4) is 0 Å². The number of halogens is 2. The number of nitrogens with zero attached hydrogens (tertiary/aromatic N) is 4. The van der Waals surface area contributed by atoms with E-state index in [1.807, 2.05) is 46.6 Å². The van der Waals surface area contributed by atoms with Gasteiger partial charge in [-0.15, -0.1) is 11.3 Å². The van der Waals surface area contributed by atoms with E-state index in [9.17, 15) is 4.79 Å². The van der Waals surface area contributed by atoms with Crippen LogP contribution in [0.5, 0.6) is 0 Å². The Kier molecular flexibility index (Phi) is 5.61. The predicted octanol–water partition coefficient (Wildman–Crippen LogP) is 4.91. The maximum atomic E-state index is 12.5. The fourth-order valence-corrected chi connectivity index (χ4v) is 3.97. The zero-order valence-electron chi connectivity index (χ0n) is 14.5. The molecular weight excluding hydrogens is 462 g/mol. The van der Waals surface area contributed by atoms with Gasteiger partial charge in [-0.25, -0.2) is 0 Å². The lowest BCUT2D eigenvalue weighted by Crippen LogP contribution is -2.10. The first-order chi connectivity index (χ1) is 13.5. The summed E-state index contributed by atoms with van der Waals surface area (Å²) in [5.74, 6) is -0.126. The third-order valence-corrected chi connectivity index (χ3v) is 5.56. The van der Waals surface area contributed by atoms with Crippen LogP contribution in [0.25, 0.3) is 0 Å². The monoisotopic (exact) mass is 475 g/mol. The number of amides is 1. The van der Waals surface area contributed by atoms with Crippen LogP contribution in [0.1, 0.15) is 20.8 Å². The summed E-state index contributed by atoms with van der Waals surface area (Å²) >= 11 is 10.7. The van der Waals surface area contributed by atoms with Crippen molar-refractivity contribution in [1.82, 2.24) is 19.6 Å². The quantitative estimate of drug-likeness (QED) is 0.430. The Morgan fingerprint density at radius 1 is 1.07 bits per heavy atom. The second-order valence-electron chi connectivity index (χ2n) is 6.18. The Hall–Kier alpha value is -2.42. The van der Waals surface area contributed by atoms with Crippen LogP contribution in [-0.4, -0.2) is 25.5 Å². The van der Waals surface area contributed by atoms with Gasteiger partial charge in [-0.1, -0.05) is 23.7 Å². The molecule has 1 N–H and O–H groups in total. The van der Waals surface area contributed by atoms with Gasteiger partial charge in [0.15, 0.2) is 0 Å². The summed E-state index contributed by atoms with van der Waals surface area (Å²) in [7, 11) is 0. The molecule has 3 heterocycles. The molecule has 0 spiro atoms. The molecule has 1 amide bonds. The van der Waals surface area contributed by atoms with Crippen LogP contribution in [0, 0.1) is 0 Å². The van der Waals surface area contributed by atoms with Gasteiger partial charge in [0.25, 0.3) is 5.91 Å². The molecule has 0 saturated carbocycles. The molecule has 0 radical (unpaired) electrons. The molecule has 0 aliphatic heterocycles. The van der Waals surface area contributed by atoms with Gasteiger partial charge in [0.1, 0.15) is 0 Å². The van der Waals surface area contributed by atoms with Gasteiger partial charge in [-0.3, -0.25) is 14.2 Å². The van der Waals surface area contributed by atoms with Crippen molar-refractivity contribution < 1.29 is 4.79 Å². The van der Waals surface area contributed by atoms with Gasteiger partial charge in [-0.05, 0) is 50.6 Å². The Balaban J connectivity index is 1.36. The van der Waals surface area contributed by atoms with Crippen LogP contribution >= 0.6 is 38.9 Å². The molecule has 0 saturated heterocycles. The zero-order valence-corrected chi connectivity index (χ0v) is 17.7. The molecule has 0 aliphatic carbocycles. The summed E-state index contributed by atoms with van der Waals surface area (Å²) in [6.07, 6.45) is 7.02. The number of thiophene rings is 1. The molecule has 0 atom stereocenters. The molecule has 0 aliphatic rings. The highest BCUT2D eigenvalue weighted by atomic mass is 79.9. The van der Waals surface area contributed by atoms with Gasteiger partial charge in [0, 0.05) is 18.1 Å². The number of aromatic nitrogens is 4. The van der Waals surface area contributed by atoms with Crippen LogP contribution in [0.15, 0.2) is 65.0 Å². The number of carbonyl (C=O) groups excluding carboxylic acids is 1. The van der Waals surface area contributed by atoms with E-state index in [0.29, 0.717) is 23.0 Å². The lowest BCUT2D eigenvalue weighted by atomic mass is 10.2. The Morgan fingerprint density at radius 2 is 1.79 bits per heavy atom. The predicted molar refractivity (Wildman–Crippen MR) is 114 cm³/mol. The first kappa shape index (κ1) is 18.9. The fraction of sp³-hybridized carbons (Fsp3) is 0.105. The van der Waals surface area contributed by atoms with Crippen molar-refractivity contribution >= 4 is 50.5 Å². The Bertz CT molecular complexity index is 1100. The molecule has 0 bridgehead atoms. The summed E-state index contributed by atoms with van der Waals surface area (Å²) in [4.78, 5) is 13.2. The minimum absolute atomic E-state index is 0.126. The fourth-order valence-electron chi connectivity index (χ4n) is 2.69. The highest BCUT2D eigenvalue weighted by Gasteiger charge is 2.10. The molecule has 0 unspecified atom stereocenters. The van der Waals surface area contributed by atoms with E-state index in [4.69, 9.17) is 11.6 Å². The second-order valence-corrected chi connectivity index (χ2v) is 8.45. The third kappa shape index (κ3) is 4.70. The van der Waals surface area contributed by atoms with Crippen LogP contribution in [0.3, 0.4) is 0 Å². The van der Waals surface area contributed by atoms with E-state index in [0.717, 1.165) is 21.3 Å². The maximum Gasteiger partial charge on any atom is 0.265 e. The minimum Gasteiger partial charge on any atom is -0.321 e. The number of rotatable bonds is 6. The maximum absolute atomic E-state index is 12.5. The van der Waals surface area contributed by atoms with Gasteiger partial charge in [0.2, 0.25) is 0 Å². The molecule has 6 nitrogen and oxygen atoms in total. The van der Waals surface area contributed by atoms with Gasteiger partial charge in [0.05, 0.1) is 39.9 Å². The molecule has 3 aromatic heterocycles. The third-order valence-electron chi connectivity index (χ3n) is 3.98. The average Bonchev–Trinajstić information content (AvgIpc) is 3.40. The molecule has 4 aromatic rings. The molecule has 4 rings (SSSR count). The van der Waals surface area contributed by atoms with Crippen LogP contribution in [-0.2, 0) is 13.1 Å². The smallest absolute Gasteiger partial charge is 0.265 e. The normalized spacial score (nSPS) is 10.9. The number of hydrogen-bond acceptors (Lipinski definition) is 4. The summed E-state index contributed by atoms with van der Waals surface area (Å²) in [5, 5.41) is 13.9. The summed E-state index contributed by atoms with van der Waals surface area (Å²) in [6.45, 7) is 1.25. The van der Waals surface area contributed by atoms with Crippen molar-refractivity contribution in [3.63, 3.8) is 0 Å². The molecule has 1 aromatic carbocycles. The standard InChI is InChI=1S/C19H15BrClN5OS/c20-15-6-22-25(10-15)8-13-1-3-17(4-2-13)24-19(27)18-5-14(12-28-18)9-26-11-16(21)7-23-26/h1-7,10-12H,8-9H2,(H,24,27). The van der Waals surface area contributed by atoms with E-state index < -0.39 is 0 Å². The van der Waals surface area contributed by atoms with Crippen molar-refractivity contribution in [2.45, 2.75) is 13.1 Å². The topological polar surface area (TPSA) is 64.7 Å². The number of anilines is 1. The molecule has 9 heteroatoms. The van der Waals surface area contributed by atoms with Crippen molar-refractivity contribution in [1.29, 1.82) is 0 Å². The zero-order chi connectivity index (χ0) is 19.5. The van der Waals surface area contributed by atoms with Gasteiger partial charge >= 0.3 is 0 Å². The lowest BCUT2D eigenvalue weighted by molar-refractivity contribution is 0.103. The van der Waals surface area contributed by atoms with Crippen LogP contribution in [0.4, 0.5) is 5.69 Å². The summed E-state index contributed by atoms with van der Waals surface area (Å²) < 4.78 is 4.53. The number of nitrogens with one attached hydrogen (secondary N) is 1. The number of carbonyl (C=O) groups is 1. The SMILES string of the molecule is O=C(Nc1ccc(Cn2cc(Br)cn2)cc1)c1cc(Cn2cc(Cl)cn2)cs1. The van der Waals surface area contributed by atoms with Crippen molar-refractivity contribution in [3.05, 3.63) is 86.0 Å². The first-order valence-electron chi connectivity index (χ1n) is 8.39. The first-order valence-corrected chi connectivity index (χ1v) is 10.4. The molecular formula is C19H15BrClN5OS. The van der Waals surface area contributed by atoms with Gasteiger partial charge < -0.3 is 5.32 Å². The van der Waals surface area contributed by atoms with E-state index in [1.54, 1.807) is 23.3 Å². The summed E-state index contributed by atoms with van der Waals surface area (Å²) in [6, 6.07) is 9.62. The van der Waals surface area contributed by atoms with Crippen LogP contribution in [0.2, 0.25) is 5.02 Å². The van der Waals surface area contributed by atoms with E-state index >= 15 is 0 Å². The van der Waals surface area contributed by atoms with Crippen molar-refractivity contribution in [2.75, 3.05) is 5.32 Å². The lowest BCUT2D eigenvalue weighted by Gasteiger charge is -2.06. The second kappa shape index (κ2) is 8.30. The molecule has 0 fully saturated rings. The van der Waals surface area contributed by atoms with E-state index in [2.05, 4.69) is 31.4 Å². The highest BCUT2D eigenvalue weighted by molar-refractivity contribution is 9.10. The molecule has 142 valence electrons.